The minimum Gasteiger partial charge on any atom is -0.376 e. The average Bonchev–Trinajstić information content (AvgIpc) is 3.51. The molecule has 38 heavy (non-hydrogen) atoms. The number of ether oxygens (including phenoxy) is 1. The Bertz CT molecular complexity index is 978. The number of nitrogens with two attached hydrogens (primary N) is 1. The van der Waals surface area contributed by atoms with Crippen LogP contribution < -0.4 is 11.1 Å². The minimum atomic E-state index is -4.92. The summed E-state index contributed by atoms with van der Waals surface area (Å²) in [4.78, 5) is 27.8. The van der Waals surface area contributed by atoms with Crippen molar-refractivity contribution >= 4 is 11.8 Å². The molecule has 3 N–H and O–H groups in total. The monoisotopic (exact) mass is 549 g/mol. The lowest BCUT2D eigenvalue weighted by molar-refractivity contribution is -0.145. The van der Waals surface area contributed by atoms with Crippen LogP contribution in [0.25, 0.3) is 0 Å². The van der Waals surface area contributed by atoms with Crippen LogP contribution in [-0.4, -0.2) is 49.1 Å². The number of piperidine rings is 1. The van der Waals surface area contributed by atoms with Crippen molar-refractivity contribution in [3.05, 3.63) is 34.9 Å². The number of halogens is 6. The maximum absolute atomic E-state index is 13.3. The zero-order valence-corrected chi connectivity index (χ0v) is 21.0. The van der Waals surface area contributed by atoms with E-state index in [1.54, 1.807) is 4.90 Å². The van der Waals surface area contributed by atoms with Gasteiger partial charge in [0, 0.05) is 19.7 Å². The molecular weight excluding hydrogens is 516 g/mol. The van der Waals surface area contributed by atoms with Crippen molar-refractivity contribution in [1.29, 1.82) is 0 Å². The normalized spacial score (nSPS) is 23.3. The van der Waals surface area contributed by atoms with Gasteiger partial charge in [-0.15, -0.1) is 0 Å². The second kappa shape index (κ2) is 11.0. The summed E-state index contributed by atoms with van der Waals surface area (Å²) in [6.07, 6.45) is -5.32. The molecule has 12 heteroatoms. The van der Waals surface area contributed by atoms with E-state index in [9.17, 15) is 35.9 Å². The predicted octanol–water partition coefficient (Wildman–Crippen LogP) is 4.50. The number of primary amides is 1. The lowest BCUT2D eigenvalue weighted by Crippen LogP contribution is -2.55. The third kappa shape index (κ3) is 6.80. The van der Waals surface area contributed by atoms with E-state index in [4.69, 9.17) is 10.5 Å². The van der Waals surface area contributed by atoms with Crippen molar-refractivity contribution in [2.45, 2.75) is 69.9 Å². The number of nitrogens with one attached hydrogen (secondary N) is 1. The van der Waals surface area contributed by atoms with Gasteiger partial charge in [-0.25, -0.2) is 0 Å². The Morgan fingerprint density at radius 2 is 1.63 bits per heavy atom. The highest BCUT2D eigenvalue weighted by atomic mass is 19.4. The lowest BCUT2D eigenvalue weighted by atomic mass is 9.65. The van der Waals surface area contributed by atoms with Gasteiger partial charge in [0.05, 0.1) is 28.6 Å². The Labute approximate surface area is 217 Å². The van der Waals surface area contributed by atoms with E-state index >= 15 is 0 Å². The molecule has 0 bridgehead atoms. The molecule has 4 rings (SSSR count). The summed E-state index contributed by atoms with van der Waals surface area (Å²) >= 11 is 0. The number of likely N-dealkylation sites (tertiary alicyclic amines) is 1. The maximum Gasteiger partial charge on any atom is 0.416 e. The Kier molecular flexibility index (Phi) is 8.32. The van der Waals surface area contributed by atoms with Crippen LogP contribution in [0.1, 0.15) is 61.6 Å². The predicted molar refractivity (Wildman–Crippen MR) is 125 cm³/mol. The summed E-state index contributed by atoms with van der Waals surface area (Å²) in [6.45, 7) is 1.25. The van der Waals surface area contributed by atoms with E-state index < -0.39 is 40.7 Å². The van der Waals surface area contributed by atoms with Crippen molar-refractivity contribution in [3.63, 3.8) is 0 Å². The van der Waals surface area contributed by atoms with E-state index in [-0.39, 0.29) is 56.1 Å². The van der Waals surface area contributed by atoms with Gasteiger partial charge in [-0.2, -0.15) is 26.3 Å². The molecule has 6 nitrogen and oxygen atoms in total. The Balaban J connectivity index is 1.48. The van der Waals surface area contributed by atoms with E-state index in [1.807, 2.05) is 0 Å². The van der Waals surface area contributed by atoms with Crippen molar-refractivity contribution in [3.8, 4) is 0 Å². The second-order valence-electron chi connectivity index (χ2n) is 10.8. The summed E-state index contributed by atoms with van der Waals surface area (Å²) in [7, 11) is 0. The van der Waals surface area contributed by atoms with Crippen LogP contribution in [0.5, 0.6) is 0 Å². The van der Waals surface area contributed by atoms with Gasteiger partial charge in [0.25, 0.3) is 0 Å². The number of benzene rings is 1. The van der Waals surface area contributed by atoms with E-state index in [0.717, 1.165) is 37.8 Å². The van der Waals surface area contributed by atoms with Crippen LogP contribution in [-0.2, 0) is 33.2 Å². The highest BCUT2D eigenvalue weighted by molar-refractivity contribution is 5.90. The maximum atomic E-state index is 13.3. The number of amides is 2. The summed E-state index contributed by atoms with van der Waals surface area (Å²) in [5, 5.41) is 2.93. The van der Waals surface area contributed by atoms with Crippen LogP contribution in [0, 0.1) is 17.3 Å². The molecule has 1 aromatic carbocycles. The fourth-order valence-corrected chi connectivity index (χ4v) is 5.66. The average molecular weight is 550 g/mol. The molecule has 0 aromatic heterocycles. The van der Waals surface area contributed by atoms with Gasteiger partial charge < -0.3 is 15.8 Å². The van der Waals surface area contributed by atoms with E-state index in [2.05, 4.69) is 5.32 Å². The summed E-state index contributed by atoms with van der Waals surface area (Å²) in [5.41, 5.74) is 1.89. The Morgan fingerprint density at radius 3 is 2.11 bits per heavy atom. The Hall–Kier alpha value is -2.34. The number of carbonyl (C=O) groups excluding carboxylic acids is 2. The SMILES string of the molecule is NC(=O)C1(C(CC2CC2)C(=O)NCC2CCCO2)CCN(Cc2cc(C(F)(F)F)cc(C(F)(F)F)c2)CC1. The van der Waals surface area contributed by atoms with Gasteiger partial charge in [-0.3, -0.25) is 14.5 Å². The van der Waals surface area contributed by atoms with Crippen LogP contribution in [0.3, 0.4) is 0 Å². The third-order valence-corrected chi connectivity index (χ3v) is 8.07. The quantitative estimate of drug-likeness (QED) is 0.445. The molecule has 2 amide bonds. The van der Waals surface area contributed by atoms with Gasteiger partial charge >= 0.3 is 12.4 Å². The standard InChI is InChI=1S/C26H33F6N3O3/c27-25(28,29)18-10-17(11-19(13-18)26(30,31)32)15-35-7-5-24(6-8-35,23(33)37)21(12-16-3-4-16)22(36)34-14-20-2-1-9-38-20/h10-11,13,16,20-21H,1-9,12,14-15H2,(H2,33,37)(H,34,36). The molecule has 2 unspecified atom stereocenters. The Morgan fingerprint density at radius 1 is 1.03 bits per heavy atom. The molecule has 3 fully saturated rings. The molecule has 1 aromatic rings. The zero-order chi connectivity index (χ0) is 27.7. The molecule has 2 heterocycles. The fraction of sp³-hybridized carbons (Fsp3) is 0.692. The number of carbonyl (C=O) groups is 2. The second-order valence-corrected chi connectivity index (χ2v) is 10.8. The molecule has 1 aliphatic carbocycles. The van der Waals surface area contributed by atoms with Crippen molar-refractivity contribution in [2.24, 2.45) is 23.0 Å². The molecule has 212 valence electrons. The highest BCUT2D eigenvalue weighted by Crippen LogP contribution is 2.47. The first-order chi connectivity index (χ1) is 17.8. The summed E-state index contributed by atoms with van der Waals surface area (Å²) in [5.74, 6) is -1.18. The molecule has 1 saturated carbocycles. The van der Waals surface area contributed by atoms with E-state index in [1.165, 1.54) is 0 Å². The minimum absolute atomic E-state index is 0.0686. The van der Waals surface area contributed by atoms with Crippen molar-refractivity contribution in [1.82, 2.24) is 10.2 Å². The van der Waals surface area contributed by atoms with Gasteiger partial charge in [0.15, 0.2) is 0 Å². The highest BCUT2D eigenvalue weighted by Gasteiger charge is 2.51. The summed E-state index contributed by atoms with van der Waals surface area (Å²) in [6, 6.07) is 1.55. The summed E-state index contributed by atoms with van der Waals surface area (Å²) < 4.78 is 85.1. The number of nitrogens with zero attached hydrogens (tertiary/aromatic N) is 1. The van der Waals surface area contributed by atoms with Gasteiger partial charge in [-0.1, -0.05) is 12.8 Å². The van der Waals surface area contributed by atoms with Gasteiger partial charge in [-0.05, 0) is 74.9 Å². The van der Waals surface area contributed by atoms with Crippen LogP contribution in [0.15, 0.2) is 18.2 Å². The molecule has 2 atom stereocenters. The largest absolute Gasteiger partial charge is 0.416 e. The smallest absolute Gasteiger partial charge is 0.376 e. The number of hydrogen-bond donors (Lipinski definition) is 2. The lowest BCUT2D eigenvalue weighted by Gasteiger charge is -2.44. The number of rotatable bonds is 9. The first kappa shape index (κ1) is 28.7. The van der Waals surface area contributed by atoms with Crippen LogP contribution in [0.2, 0.25) is 0 Å². The van der Waals surface area contributed by atoms with Gasteiger partial charge in [0.1, 0.15) is 0 Å². The first-order valence-corrected chi connectivity index (χ1v) is 13.0. The molecular formula is C26H33F6N3O3. The van der Waals surface area contributed by atoms with Crippen LogP contribution in [0.4, 0.5) is 26.3 Å². The van der Waals surface area contributed by atoms with Crippen molar-refractivity contribution < 1.29 is 40.7 Å². The molecule has 3 aliphatic rings. The number of alkyl halides is 6. The first-order valence-electron chi connectivity index (χ1n) is 13.0. The van der Waals surface area contributed by atoms with Crippen LogP contribution >= 0.6 is 0 Å². The van der Waals surface area contributed by atoms with E-state index in [0.29, 0.717) is 25.5 Å². The molecule has 2 aliphatic heterocycles. The van der Waals surface area contributed by atoms with Gasteiger partial charge in [0.2, 0.25) is 11.8 Å². The topological polar surface area (TPSA) is 84.7 Å². The van der Waals surface area contributed by atoms with Crippen molar-refractivity contribution in [2.75, 3.05) is 26.2 Å². The molecule has 0 radical (unpaired) electrons. The number of hydrogen-bond acceptors (Lipinski definition) is 4. The molecule has 0 spiro atoms. The molecule has 2 saturated heterocycles. The fourth-order valence-electron chi connectivity index (χ4n) is 5.66. The third-order valence-electron chi connectivity index (χ3n) is 8.07. The zero-order valence-electron chi connectivity index (χ0n) is 21.0.